The van der Waals surface area contributed by atoms with Crippen molar-refractivity contribution in [2.75, 3.05) is 39.6 Å². The summed E-state index contributed by atoms with van der Waals surface area (Å²) in [4.78, 5) is 72.9. The number of esters is 4. The smallest absolute Gasteiger partial charge is 0.462 e. The van der Waals surface area contributed by atoms with E-state index in [0.29, 0.717) is 25.7 Å². The summed E-state index contributed by atoms with van der Waals surface area (Å²) in [7, 11) is -9.92. The zero-order valence-corrected chi connectivity index (χ0v) is 63.6. The predicted molar refractivity (Wildman–Crippen MR) is 391 cm³/mol. The Bertz CT molecular complexity index is 1920. The number of aliphatic hydroxyl groups is 1. The van der Waals surface area contributed by atoms with Gasteiger partial charge in [0.15, 0.2) is 12.2 Å². The standard InChI is InChI=1S/C77H146O17P2/c1-5-9-13-17-21-25-29-33-35-39-42-46-50-54-58-62-75(80)88-68-73(94-77(82)64-60-56-52-48-44-40-36-34-30-26-22-18-14-10-6-2)70-92-96(85,86)90-66-71(78)65-89-95(83,84)91-69-72(93-76(81)63-59-55-51-47-43-38-32-28-24-20-16-12-8-4)67-87-74(79)61-57-53-49-45-41-37-31-27-23-19-15-11-7-3/h15,19,27,31,71-73,78H,5-14,16-18,20-26,28-30,32-70H2,1-4H3,(H,83,84)(H,85,86)/b19-15-,31-27-. The lowest BCUT2D eigenvalue weighted by Gasteiger charge is -2.21. The van der Waals surface area contributed by atoms with Crippen LogP contribution in [0.5, 0.6) is 0 Å². The van der Waals surface area contributed by atoms with Crippen molar-refractivity contribution in [3.8, 4) is 0 Å². The average Bonchev–Trinajstić information content (AvgIpc) is 1.17. The number of allylic oxidation sites excluding steroid dienone is 4. The summed E-state index contributed by atoms with van der Waals surface area (Å²) in [6, 6.07) is 0. The first-order chi connectivity index (χ1) is 46.7. The van der Waals surface area contributed by atoms with E-state index >= 15 is 0 Å². The van der Waals surface area contributed by atoms with Crippen LogP contribution in [0.4, 0.5) is 0 Å². The average molecular weight is 1410 g/mol. The quantitative estimate of drug-likeness (QED) is 0.0169. The van der Waals surface area contributed by atoms with Crippen LogP contribution >= 0.6 is 15.6 Å². The van der Waals surface area contributed by atoms with Gasteiger partial charge in [-0.25, -0.2) is 9.13 Å². The number of hydrogen-bond acceptors (Lipinski definition) is 15. The van der Waals surface area contributed by atoms with Crippen LogP contribution in [0.1, 0.15) is 387 Å². The molecule has 566 valence electrons. The summed E-state index contributed by atoms with van der Waals surface area (Å²) >= 11 is 0. The molecule has 19 heteroatoms. The number of ether oxygens (including phenoxy) is 4. The SMILES string of the molecule is CCC/C=C\C/C=C\CCCCCCCC(=O)OCC(COP(=O)(O)OCC(O)COP(=O)(O)OCC(COC(=O)CCCCCCCCCCCCCCCCC)OC(=O)CCCCCCCCCCCCCCCCC)OC(=O)CCCCCCCCCCCCCCC. The van der Waals surface area contributed by atoms with Crippen LogP contribution in [0, 0.1) is 0 Å². The molecule has 0 saturated carbocycles. The number of phosphoric acid groups is 2. The van der Waals surface area contributed by atoms with Gasteiger partial charge in [0, 0.05) is 25.7 Å². The van der Waals surface area contributed by atoms with Gasteiger partial charge in [0.05, 0.1) is 26.4 Å². The van der Waals surface area contributed by atoms with Gasteiger partial charge < -0.3 is 33.8 Å². The fourth-order valence-corrected chi connectivity index (χ4v) is 13.0. The maximum Gasteiger partial charge on any atom is 0.472 e. The van der Waals surface area contributed by atoms with Crippen LogP contribution < -0.4 is 0 Å². The molecular formula is C77H146O17P2. The van der Waals surface area contributed by atoms with Crippen molar-refractivity contribution < 1.29 is 80.2 Å². The number of carbonyl (C=O) groups is 4. The van der Waals surface area contributed by atoms with Gasteiger partial charge in [-0.3, -0.25) is 37.3 Å². The third-order valence-corrected chi connectivity index (χ3v) is 19.3. The Morgan fingerprint density at radius 3 is 0.812 bits per heavy atom. The molecular weight excluding hydrogens is 1260 g/mol. The third kappa shape index (κ3) is 70.0. The van der Waals surface area contributed by atoms with Gasteiger partial charge in [-0.05, 0) is 51.4 Å². The summed E-state index contributed by atoms with van der Waals surface area (Å²) in [6.07, 6.45) is 64.4. The van der Waals surface area contributed by atoms with Gasteiger partial charge in [0.2, 0.25) is 0 Å². The number of aliphatic hydroxyl groups excluding tert-OH is 1. The summed E-state index contributed by atoms with van der Waals surface area (Å²) < 4.78 is 68.6. The van der Waals surface area contributed by atoms with Crippen molar-refractivity contribution in [1.82, 2.24) is 0 Å². The van der Waals surface area contributed by atoms with Crippen molar-refractivity contribution in [2.24, 2.45) is 0 Å². The van der Waals surface area contributed by atoms with E-state index in [1.807, 2.05) is 0 Å². The molecule has 5 unspecified atom stereocenters. The van der Waals surface area contributed by atoms with Crippen LogP contribution in [0.15, 0.2) is 24.3 Å². The van der Waals surface area contributed by atoms with Crippen LogP contribution in [-0.2, 0) is 65.4 Å². The minimum Gasteiger partial charge on any atom is -0.462 e. The maximum atomic E-state index is 13.1. The zero-order chi connectivity index (χ0) is 70.4. The highest BCUT2D eigenvalue weighted by Crippen LogP contribution is 2.45. The molecule has 0 aromatic heterocycles. The van der Waals surface area contributed by atoms with Crippen LogP contribution in [0.3, 0.4) is 0 Å². The molecule has 0 amide bonds. The maximum absolute atomic E-state index is 13.1. The summed E-state index contributed by atoms with van der Waals surface area (Å²) in [5.41, 5.74) is 0. The van der Waals surface area contributed by atoms with Gasteiger partial charge in [0.25, 0.3) is 0 Å². The predicted octanol–water partition coefficient (Wildman–Crippen LogP) is 22.6. The molecule has 96 heavy (non-hydrogen) atoms. The van der Waals surface area contributed by atoms with Crippen LogP contribution in [0.25, 0.3) is 0 Å². The molecule has 0 radical (unpaired) electrons. The summed E-state index contributed by atoms with van der Waals surface area (Å²) in [5.74, 6) is -2.14. The highest BCUT2D eigenvalue weighted by atomic mass is 31.2. The van der Waals surface area contributed by atoms with Crippen molar-refractivity contribution in [3.63, 3.8) is 0 Å². The van der Waals surface area contributed by atoms with Crippen molar-refractivity contribution in [2.45, 2.75) is 406 Å². The van der Waals surface area contributed by atoms with E-state index in [1.54, 1.807) is 0 Å². The Morgan fingerprint density at radius 1 is 0.292 bits per heavy atom. The molecule has 0 aliphatic heterocycles. The van der Waals surface area contributed by atoms with Crippen molar-refractivity contribution in [1.29, 1.82) is 0 Å². The van der Waals surface area contributed by atoms with E-state index in [0.717, 1.165) is 122 Å². The fourth-order valence-electron chi connectivity index (χ4n) is 11.4. The highest BCUT2D eigenvalue weighted by Gasteiger charge is 2.30. The first kappa shape index (κ1) is 93.5. The minimum atomic E-state index is -4.96. The number of hydrogen-bond donors (Lipinski definition) is 3. The van der Waals surface area contributed by atoms with Gasteiger partial charge in [-0.1, -0.05) is 335 Å². The molecule has 0 saturated heterocycles. The summed E-state index contributed by atoms with van der Waals surface area (Å²) in [6.45, 7) is 4.90. The largest absolute Gasteiger partial charge is 0.472 e. The molecule has 0 aliphatic rings. The lowest BCUT2D eigenvalue weighted by atomic mass is 10.0. The molecule has 0 aromatic carbocycles. The van der Waals surface area contributed by atoms with E-state index in [4.69, 9.17) is 37.0 Å². The second kappa shape index (κ2) is 71.0. The Morgan fingerprint density at radius 2 is 0.531 bits per heavy atom. The van der Waals surface area contributed by atoms with Gasteiger partial charge in [-0.15, -0.1) is 0 Å². The Hall–Kier alpha value is -2.46. The second-order valence-electron chi connectivity index (χ2n) is 27.0. The Labute approximate surface area is 586 Å². The van der Waals surface area contributed by atoms with E-state index < -0.39 is 97.5 Å². The first-order valence-corrected chi connectivity index (χ1v) is 42.6. The molecule has 0 heterocycles. The molecule has 17 nitrogen and oxygen atoms in total. The number of carbonyl (C=O) groups excluding carboxylic acids is 4. The molecule has 0 aromatic rings. The molecule has 3 N–H and O–H groups in total. The lowest BCUT2D eigenvalue weighted by Crippen LogP contribution is -2.30. The number of rotatable bonds is 76. The van der Waals surface area contributed by atoms with Gasteiger partial charge in [0.1, 0.15) is 19.3 Å². The number of phosphoric ester groups is 2. The van der Waals surface area contributed by atoms with Crippen molar-refractivity contribution in [3.05, 3.63) is 24.3 Å². The van der Waals surface area contributed by atoms with Crippen molar-refractivity contribution >= 4 is 39.5 Å². The highest BCUT2D eigenvalue weighted by molar-refractivity contribution is 7.47. The normalized spacial score (nSPS) is 14.0. The monoisotopic (exact) mass is 1410 g/mol. The van der Waals surface area contributed by atoms with Crippen LogP contribution in [0.2, 0.25) is 0 Å². The number of unbranched alkanes of at least 4 members (excludes halogenated alkanes) is 46. The second-order valence-corrected chi connectivity index (χ2v) is 29.9. The van der Waals surface area contributed by atoms with E-state index in [-0.39, 0.29) is 25.7 Å². The topological polar surface area (TPSA) is 237 Å². The first-order valence-electron chi connectivity index (χ1n) is 39.6. The fraction of sp³-hybridized carbons (Fsp3) is 0.896. The zero-order valence-electron chi connectivity index (χ0n) is 61.8. The Kier molecular flexibility index (Phi) is 69.1. The molecule has 0 spiro atoms. The molecule has 0 bridgehead atoms. The molecule has 5 atom stereocenters. The van der Waals surface area contributed by atoms with E-state index in [1.165, 1.54) is 186 Å². The molecule has 0 aliphatic carbocycles. The third-order valence-electron chi connectivity index (χ3n) is 17.4. The Balaban J connectivity index is 5.28. The van der Waals surface area contributed by atoms with Gasteiger partial charge in [-0.2, -0.15) is 0 Å². The molecule has 0 rings (SSSR count). The van der Waals surface area contributed by atoms with E-state index in [2.05, 4.69) is 52.0 Å². The van der Waals surface area contributed by atoms with Crippen LogP contribution in [-0.4, -0.2) is 96.7 Å². The summed E-state index contributed by atoms with van der Waals surface area (Å²) in [5, 5.41) is 10.6. The van der Waals surface area contributed by atoms with E-state index in [9.17, 15) is 43.2 Å². The lowest BCUT2D eigenvalue weighted by molar-refractivity contribution is -0.161. The van der Waals surface area contributed by atoms with Gasteiger partial charge >= 0.3 is 39.5 Å². The minimum absolute atomic E-state index is 0.102. The molecule has 0 fully saturated rings.